The smallest absolute Gasteiger partial charge is 0.489 e. The third-order valence-corrected chi connectivity index (χ3v) is 5.56. The molecule has 0 spiro atoms. The van der Waals surface area contributed by atoms with Crippen LogP contribution in [0.25, 0.3) is 0 Å². The predicted molar refractivity (Wildman–Crippen MR) is 120 cm³/mol. The van der Waals surface area contributed by atoms with Gasteiger partial charge in [0.1, 0.15) is 12.4 Å². The average molecular weight is 407 g/mol. The maximum atomic E-state index is 12.6. The van der Waals surface area contributed by atoms with Crippen molar-refractivity contribution in [3.05, 3.63) is 71.9 Å². The van der Waals surface area contributed by atoms with Crippen LogP contribution in [0, 0.1) is 0 Å². The number of carbonyl (C=O) groups excluding carboxylic acids is 1. The zero-order valence-corrected chi connectivity index (χ0v) is 18.6. The molecule has 0 radical (unpaired) electrons. The van der Waals surface area contributed by atoms with Crippen LogP contribution in [0.4, 0.5) is 0 Å². The maximum Gasteiger partial charge on any atom is 0.498 e. The minimum atomic E-state index is -0.619. The minimum Gasteiger partial charge on any atom is -0.489 e. The maximum absolute atomic E-state index is 12.6. The van der Waals surface area contributed by atoms with Crippen LogP contribution in [-0.2, 0) is 15.9 Å². The Morgan fingerprint density at radius 1 is 1.03 bits per heavy atom. The van der Waals surface area contributed by atoms with Crippen LogP contribution in [0.3, 0.4) is 0 Å². The van der Waals surface area contributed by atoms with Crippen LogP contribution in [0.15, 0.2) is 60.8 Å². The lowest BCUT2D eigenvalue weighted by Gasteiger charge is -2.32. The third kappa shape index (κ3) is 4.94. The van der Waals surface area contributed by atoms with Crippen LogP contribution in [0.1, 0.15) is 43.6 Å². The molecule has 3 rings (SSSR count). The Labute approximate surface area is 179 Å². The predicted octanol–water partition coefficient (Wildman–Crippen LogP) is 3.82. The van der Waals surface area contributed by atoms with Crippen molar-refractivity contribution >= 4 is 18.4 Å². The largest absolute Gasteiger partial charge is 0.498 e. The van der Waals surface area contributed by atoms with Crippen LogP contribution in [-0.4, -0.2) is 43.1 Å². The zero-order chi connectivity index (χ0) is 21.9. The Balaban J connectivity index is 1.92. The van der Waals surface area contributed by atoms with Crippen molar-refractivity contribution in [1.82, 2.24) is 4.90 Å². The molecular formula is C24H30BNO4. The summed E-state index contributed by atoms with van der Waals surface area (Å²) in [7, 11) is 3.13. The van der Waals surface area contributed by atoms with Gasteiger partial charge in [0.05, 0.1) is 11.2 Å². The second kappa shape index (κ2) is 8.66. The molecule has 2 aromatic rings. The van der Waals surface area contributed by atoms with E-state index in [1.165, 1.54) is 0 Å². The summed E-state index contributed by atoms with van der Waals surface area (Å²) in [6.45, 7) is 8.44. The van der Waals surface area contributed by atoms with Crippen LogP contribution < -0.4 is 10.2 Å². The van der Waals surface area contributed by atoms with Crippen molar-refractivity contribution < 1.29 is 18.8 Å². The fourth-order valence-corrected chi connectivity index (χ4v) is 3.04. The van der Waals surface area contributed by atoms with Gasteiger partial charge in [-0.2, -0.15) is 0 Å². The van der Waals surface area contributed by atoms with Gasteiger partial charge in [0.15, 0.2) is 5.78 Å². The molecule has 0 amide bonds. The molecule has 0 N–H and O–H groups in total. The molecule has 6 heteroatoms. The van der Waals surface area contributed by atoms with Crippen LogP contribution in [0.5, 0.6) is 5.75 Å². The van der Waals surface area contributed by atoms with Crippen LogP contribution in [0.2, 0.25) is 0 Å². The van der Waals surface area contributed by atoms with Gasteiger partial charge in [-0.05, 0) is 51.5 Å². The fourth-order valence-electron chi connectivity index (χ4n) is 3.04. The van der Waals surface area contributed by atoms with Gasteiger partial charge in [-0.1, -0.05) is 30.3 Å². The summed E-state index contributed by atoms with van der Waals surface area (Å²) in [5.41, 5.74) is 1.36. The summed E-state index contributed by atoms with van der Waals surface area (Å²) in [5.74, 6) is 0.557. The Kier molecular flexibility index (Phi) is 6.39. The molecule has 0 saturated carbocycles. The molecule has 1 saturated heterocycles. The van der Waals surface area contributed by atoms with E-state index < -0.39 is 18.3 Å². The van der Waals surface area contributed by atoms with E-state index in [0.29, 0.717) is 23.4 Å². The summed E-state index contributed by atoms with van der Waals surface area (Å²) in [5, 5.41) is 0. The van der Waals surface area contributed by atoms with Crippen molar-refractivity contribution in [2.45, 2.75) is 45.5 Å². The van der Waals surface area contributed by atoms with Crippen molar-refractivity contribution in [3.8, 4) is 5.75 Å². The highest BCUT2D eigenvalue weighted by molar-refractivity contribution is 6.63. The number of hydrogen-bond acceptors (Lipinski definition) is 5. The number of allylic oxidation sites excluding steroid dienone is 1. The Bertz CT molecular complexity index is 906. The topological polar surface area (TPSA) is 48.0 Å². The van der Waals surface area contributed by atoms with Crippen molar-refractivity contribution in [2.24, 2.45) is 0 Å². The van der Waals surface area contributed by atoms with Crippen molar-refractivity contribution in [2.75, 3.05) is 14.1 Å². The summed E-state index contributed by atoms with van der Waals surface area (Å²) < 4.78 is 18.6. The van der Waals surface area contributed by atoms with E-state index in [9.17, 15) is 4.79 Å². The highest BCUT2D eigenvalue weighted by atomic mass is 16.7. The third-order valence-electron chi connectivity index (χ3n) is 5.56. The second-order valence-electron chi connectivity index (χ2n) is 8.76. The highest BCUT2D eigenvalue weighted by Gasteiger charge is 2.52. The first-order valence-corrected chi connectivity index (χ1v) is 10.1. The molecule has 1 fully saturated rings. The summed E-state index contributed by atoms with van der Waals surface area (Å²) in [6, 6.07) is 15.4. The van der Waals surface area contributed by atoms with E-state index in [0.717, 1.165) is 5.56 Å². The Hall–Kier alpha value is -2.57. The number of carbonyl (C=O) groups is 1. The number of nitrogens with zero attached hydrogens (tertiary/aromatic N) is 1. The Morgan fingerprint density at radius 2 is 1.67 bits per heavy atom. The van der Waals surface area contributed by atoms with E-state index in [1.807, 2.05) is 89.2 Å². The molecule has 2 aromatic carbocycles. The molecule has 0 atom stereocenters. The second-order valence-corrected chi connectivity index (χ2v) is 8.76. The monoisotopic (exact) mass is 407 g/mol. The lowest BCUT2D eigenvalue weighted by Crippen LogP contribution is -2.41. The summed E-state index contributed by atoms with van der Waals surface area (Å²) >= 11 is 0. The van der Waals surface area contributed by atoms with Crippen molar-refractivity contribution in [1.29, 1.82) is 0 Å². The molecule has 5 nitrogen and oxygen atoms in total. The quantitative estimate of drug-likeness (QED) is 0.397. The summed E-state index contributed by atoms with van der Waals surface area (Å²) in [4.78, 5) is 14.4. The molecule has 0 unspecified atom stereocenters. The van der Waals surface area contributed by atoms with Gasteiger partial charge in [-0.25, -0.2) is 0 Å². The molecule has 30 heavy (non-hydrogen) atoms. The Morgan fingerprint density at radius 3 is 2.27 bits per heavy atom. The van der Waals surface area contributed by atoms with Gasteiger partial charge < -0.3 is 18.9 Å². The van der Waals surface area contributed by atoms with Gasteiger partial charge in [-0.3, -0.25) is 4.79 Å². The van der Waals surface area contributed by atoms with E-state index in [2.05, 4.69) is 0 Å². The standard InChI is InChI=1S/C24H30BNO4/c1-23(2)24(3,4)30-25(29-23)20-16-19(21(27)14-15-26(5)6)12-13-22(20)28-17-18-10-8-7-9-11-18/h7-16H,17H2,1-6H3/b15-14+. The molecule has 0 bridgehead atoms. The van der Waals surface area contributed by atoms with Gasteiger partial charge in [0.2, 0.25) is 0 Å². The molecule has 0 aliphatic carbocycles. The number of hydrogen-bond donors (Lipinski definition) is 0. The zero-order valence-electron chi connectivity index (χ0n) is 18.6. The van der Waals surface area contributed by atoms with Crippen molar-refractivity contribution in [3.63, 3.8) is 0 Å². The number of benzene rings is 2. The molecule has 1 aliphatic rings. The summed E-state index contributed by atoms with van der Waals surface area (Å²) in [6.07, 6.45) is 3.28. The molecule has 0 aromatic heterocycles. The van der Waals surface area contributed by atoms with E-state index in [-0.39, 0.29) is 5.78 Å². The first kappa shape index (κ1) is 22.1. The van der Waals surface area contributed by atoms with E-state index in [1.54, 1.807) is 18.3 Å². The first-order chi connectivity index (χ1) is 14.1. The molecule has 1 aliphatic heterocycles. The van der Waals surface area contributed by atoms with Gasteiger partial charge in [-0.15, -0.1) is 0 Å². The molecule has 1 heterocycles. The molecular weight excluding hydrogens is 377 g/mol. The van der Waals surface area contributed by atoms with Gasteiger partial charge >= 0.3 is 7.12 Å². The number of ketones is 1. The highest BCUT2D eigenvalue weighted by Crippen LogP contribution is 2.37. The fraction of sp³-hybridized carbons (Fsp3) is 0.375. The van der Waals surface area contributed by atoms with E-state index in [4.69, 9.17) is 14.0 Å². The SMILES string of the molecule is CN(C)/C=C/C(=O)c1ccc(OCc2ccccc2)c(B2OC(C)(C)C(C)(C)O2)c1. The molecule has 158 valence electrons. The minimum absolute atomic E-state index is 0.0870. The van der Waals surface area contributed by atoms with E-state index >= 15 is 0 Å². The lowest BCUT2D eigenvalue weighted by atomic mass is 9.77. The number of rotatable bonds is 7. The first-order valence-electron chi connectivity index (χ1n) is 10.1. The lowest BCUT2D eigenvalue weighted by molar-refractivity contribution is 0.00578. The average Bonchev–Trinajstić information content (AvgIpc) is 2.92. The normalized spacial score (nSPS) is 17.3. The van der Waals surface area contributed by atoms with Crippen LogP contribution >= 0.6 is 0 Å². The van der Waals surface area contributed by atoms with Gasteiger partial charge in [0.25, 0.3) is 0 Å². The number of ether oxygens (including phenoxy) is 1. The van der Waals surface area contributed by atoms with Gasteiger partial charge in [0, 0.05) is 37.4 Å².